The van der Waals surface area contributed by atoms with E-state index in [0.717, 1.165) is 16.7 Å². The maximum absolute atomic E-state index is 12.7. The zero-order valence-electron chi connectivity index (χ0n) is 23.9. The number of aromatic nitrogens is 1. The smallest absolute Gasteiger partial charge is 0.412 e. The van der Waals surface area contributed by atoms with E-state index in [0.29, 0.717) is 46.3 Å². The molecule has 4 aromatic rings. The molecule has 1 fully saturated rings. The van der Waals surface area contributed by atoms with Crippen LogP contribution in [0.5, 0.6) is 0 Å². The first-order valence-corrected chi connectivity index (χ1v) is 14.2. The lowest BCUT2D eigenvalue weighted by atomic mass is 9.85. The number of carbonyl (C=O) groups is 3. The van der Waals surface area contributed by atoms with Gasteiger partial charge in [-0.05, 0) is 43.5 Å². The van der Waals surface area contributed by atoms with Gasteiger partial charge in [0.2, 0.25) is 0 Å². The molecular weight excluding hydrogens is 572 g/mol. The van der Waals surface area contributed by atoms with Crippen molar-refractivity contribution >= 4 is 35.9 Å². The summed E-state index contributed by atoms with van der Waals surface area (Å²) in [4.78, 5) is 37.7. The maximum Gasteiger partial charge on any atom is 0.412 e. The first-order valence-electron chi connectivity index (χ1n) is 13.8. The van der Waals surface area contributed by atoms with Crippen molar-refractivity contribution in [2.75, 3.05) is 25.0 Å². The minimum Gasteiger partial charge on any atom is -0.453 e. The molecule has 2 heterocycles. The highest BCUT2D eigenvalue weighted by Crippen LogP contribution is 2.37. The summed E-state index contributed by atoms with van der Waals surface area (Å²) in [6.45, 7) is 6.84. The number of anilines is 1. The summed E-state index contributed by atoms with van der Waals surface area (Å²) in [7, 11) is 0. The molecule has 1 aliphatic heterocycles. The van der Waals surface area contributed by atoms with Crippen molar-refractivity contribution in [2.24, 2.45) is 0 Å². The highest BCUT2D eigenvalue weighted by molar-refractivity contribution is 6.31. The summed E-state index contributed by atoms with van der Waals surface area (Å²) >= 11 is 6.24. The molecule has 0 saturated carbocycles. The van der Waals surface area contributed by atoms with Crippen molar-refractivity contribution < 1.29 is 28.4 Å². The van der Waals surface area contributed by atoms with Crippen molar-refractivity contribution in [3.05, 3.63) is 94.6 Å². The number of carbonyl (C=O) groups excluding carboxylic acids is 3. The van der Waals surface area contributed by atoms with Crippen LogP contribution in [0.25, 0.3) is 22.5 Å². The second kappa shape index (κ2) is 12.6. The summed E-state index contributed by atoms with van der Waals surface area (Å²) in [5.41, 5.74) is 4.16. The fraction of sp³-hybridized carbons (Fsp3) is 0.250. The predicted molar refractivity (Wildman–Crippen MR) is 162 cm³/mol. The van der Waals surface area contributed by atoms with Crippen LogP contribution in [-0.2, 0) is 19.9 Å². The molecule has 3 amide bonds. The third kappa shape index (κ3) is 6.19. The summed E-state index contributed by atoms with van der Waals surface area (Å²) in [6.07, 6.45) is -1.22. The normalized spacial score (nSPS) is 14.3. The summed E-state index contributed by atoms with van der Waals surface area (Å²) in [5, 5.41) is 10.1. The van der Waals surface area contributed by atoms with Gasteiger partial charge in [0.1, 0.15) is 17.5 Å². The third-order valence-corrected chi connectivity index (χ3v) is 7.73. The Labute approximate surface area is 253 Å². The standard InChI is InChI=1S/C32H31ClN4O6/c1-4-34-30(39)37-17-32(18-37,41-19-38)25-15-13-23(14-16-25)22-9-11-24(12-10-22)29-28(20(2)36-43-29)35-31(40)42-21(3)26-7-5-6-8-27(26)33/h5-16,19,21H,4,17-18H2,1-3H3,(H,34,39)(H,35,40)/t21-/m1/s1. The van der Waals surface area contributed by atoms with E-state index in [1.807, 2.05) is 67.6 Å². The van der Waals surface area contributed by atoms with Gasteiger partial charge in [-0.25, -0.2) is 9.59 Å². The number of benzene rings is 3. The van der Waals surface area contributed by atoms with Gasteiger partial charge >= 0.3 is 12.1 Å². The van der Waals surface area contributed by atoms with Gasteiger partial charge < -0.3 is 24.2 Å². The van der Waals surface area contributed by atoms with E-state index in [4.69, 9.17) is 25.6 Å². The molecule has 43 heavy (non-hydrogen) atoms. The lowest BCUT2D eigenvalue weighted by Gasteiger charge is -2.48. The lowest BCUT2D eigenvalue weighted by Crippen LogP contribution is -2.64. The second-order valence-electron chi connectivity index (χ2n) is 10.2. The molecule has 10 nitrogen and oxygen atoms in total. The van der Waals surface area contributed by atoms with E-state index < -0.39 is 17.8 Å². The molecule has 1 aromatic heterocycles. The van der Waals surface area contributed by atoms with E-state index in [1.165, 1.54) is 0 Å². The Morgan fingerprint density at radius 2 is 1.67 bits per heavy atom. The number of nitrogens with one attached hydrogen (secondary N) is 2. The number of urea groups is 1. The topological polar surface area (TPSA) is 123 Å². The highest BCUT2D eigenvalue weighted by Gasteiger charge is 2.48. The van der Waals surface area contributed by atoms with Crippen LogP contribution in [0.1, 0.15) is 36.8 Å². The molecule has 222 valence electrons. The van der Waals surface area contributed by atoms with Gasteiger partial charge in [0.05, 0.1) is 13.1 Å². The van der Waals surface area contributed by atoms with E-state index in [-0.39, 0.29) is 19.1 Å². The Balaban J connectivity index is 1.27. The summed E-state index contributed by atoms with van der Waals surface area (Å²) < 4.78 is 16.6. The molecule has 0 unspecified atom stereocenters. The number of ether oxygens (including phenoxy) is 2. The Morgan fingerprint density at radius 3 is 2.30 bits per heavy atom. The second-order valence-corrected chi connectivity index (χ2v) is 10.6. The van der Waals surface area contributed by atoms with Crippen molar-refractivity contribution in [1.29, 1.82) is 0 Å². The average molecular weight is 603 g/mol. The third-order valence-electron chi connectivity index (χ3n) is 7.39. The number of hydrogen-bond acceptors (Lipinski definition) is 7. The number of rotatable bonds is 9. The number of hydrogen-bond donors (Lipinski definition) is 2. The number of likely N-dealkylation sites (tertiary alicyclic amines) is 1. The monoisotopic (exact) mass is 602 g/mol. The van der Waals surface area contributed by atoms with Crippen molar-refractivity contribution in [3.8, 4) is 22.5 Å². The Hall–Kier alpha value is -4.83. The van der Waals surface area contributed by atoms with Crippen molar-refractivity contribution in [2.45, 2.75) is 32.5 Å². The van der Waals surface area contributed by atoms with Gasteiger partial charge in [-0.15, -0.1) is 0 Å². The van der Waals surface area contributed by atoms with Crippen LogP contribution in [0.2, 0.25) is 5.02 Å². The zero-order chi connectivity index (χ0) is 30.6. The Bertz CT molecular complexity index is 1610. The van der Waals surface area contributed by atoms with Crippen LogP contribution in [0, 0.1) is 6.92 Å². The van der Waals surface area contributed by atoms with Gasteiger partial charge in [0.15, 0.2) is 11.4 Å². The molecule has 1 atom stereocenters. The molecular formula is C32H31ClN4O6. The quantitative estimate of drug-likeness (QED) is 0.204. The van der Waals surface area contributed by atoms with Crippen LogP contribution in [0.3, 0.4) is 0 Å². The van der Waals surface area contributed by atoms with E-state index in [1.54, 1.807) is 30.9 Å². The number of halogens is 1. The number of amides is 3. The van der Waals surface area contributed by atoms with E-state index in [9.17, 15) is 14.4 Å². The molecule has 0 spiro atoms. The number of nitrogens with zero attached hydrogens (tertiary/aromatic N) is 2. The largest absolute Gasteiger partial charge is 0.453 e. The molecule has 5 rings (SSSR count). The Morgan fingerprint density at radius 1 is 1.05 bits per heavy atom. The fourth-order valence-corrected chi connectivity index (χ4v) is 5.34. The minimum atomic E-state index is -0.866. The molecule has 1 aliphatic rings. The van der Waals surface area contributed by atoms with Gasteiger partial charge in [-0.2, -0.15) is 0 Å². The van der Waals surface area contributed by atoms with Crippen LogP contribution < -0.4 is 10.6 Å². The van der Waals surface area contributed by atoms with Gasteiger partial charge in [0.25, 0.3) is 6.47 Å². The first-order chi connectivity index (χ1) is 20.7. The van der Waals surface area contributed by atoms with Crippen LogP contribution in [0.4, 0.5) is 15.3 Å². The first kappa shape index (κ1) is 29.7. The van der Waals surface area contributed by atoms with Gasteiger partial charge in [-0.3, -0.25) is 10.1 Å². The number of aryl methyl sites for hydroxylation is 1. The summed E-state index contributed by atoms with van der Waals surface area (Å²) in [6, 6.07) is 22.3. The predicted octanol–water partition coefficient (Wildman–Crippen LogP) is 6.69. The average Bonchev–Trinajstić information content (AvgIpc) is 3.34. The molecule has 0 radical (unpaired) electrons. The molecule has 1 saturated heterocycles. The Kier molecular flexibility index (Phi) is 8.68. The van der Waals surface area contributed by atoms with E-state index in [2.05, 4.69) is 15.8 Å². The fourth-order valence-electron chi connectivity index (χ4n) is 5.05. The maximum atomic E-state index is 12.7. The SMILES string of the molecule is CCNC(=O)N1CC(OC=O)(c2ccc(-c3ccc(-c4onc(C)c4NC(=O)O[C@H](C)c4ccccc4Cl)cc3)cc2)C1. The molecule has 2 N–H and O–H groups in total. The van der Waals surface area contributed by atoms with Crippen LogP contribution in [0.15, 0.2) is 77.3 Å². The lowest BCUT2D eigenvalue weighted by molar-refractivity contribution is -0.162. The molecule has 0 aliphatic carbocycles. The molecule has 0 bridgehead atoms. The van der Waals surface area contributed by atoms with Crippen molar-refractivity contribution in [1.82, 2.24) is 15.4 Å². The van der Waals surface area contributed by atoms with Crippen LogP contribution >= 0.6 is 11.6 Å². The van der Waals surface area contributed by atoms with Crippen molar-refractivity contribution in [3.63, 3.8) is 0 Å². The summed E-state index contributed by atoms with van der Waals surface area (Å²) in [5.74, 6) is 0.399. The van der Waals surface area contributed by atoms with Gasteiger partial charge in [0, 0.05) is 22.7 Å². The minimum absolute atomic E-state index is 0.187. The van der Waals surface area contributed by atoms with Gasteiger partial charge in [-0.1, -0.05) is 83.5 Å². The molecule has 11 heteroatoms. The van der Waals surface area contributed by atoms with E-state index >= 15 is 0 Å². The zero-order valence-corrected chi connectivity index (χ0v) is 24.7. The van der Waals surface area contributed by atoms with Crippen LogP contribution in [-0.4, -0.2) is 48.3 Å². The highest BCUT2D eigenvalue weighted by atomic mass is 35.5. The molecule has 3 aromatic carbocycles.